The number of rotatable bonds is 10. The largest absolute Gasteiger partial charge is 0.453 e. The Morgan fingerprint density at radius 3 is 1.81 bits per heavy atom. The summed E-state index contributed by atoms with van der Waals surface area (Å²) in [5.41, 5.74) is 18.4. The number of alkyl carbamates (subject to hydrolysis) is 1. The molecular formula is C66H69N7O4. The summed E-state index contributed by atoms with van der Waals surface area (Å²) in [6.07, 6.45) is 22.9. The number of methoxy groups -OCH3 is 1. The predicted molar refractivity (Wildman–Crippen MR) is 298 cm³/mol. The van der Waals surface area contributed by atoms with Crippen LogP contribution in [0, 0.1) is 21.7 Å². The number of amides is 3. The maximum absolute atomic E-state index is 14.7. The minimum atomic E-state index is -0.868. The maximum Gasteiger partial charge on any atom is 0.407 e. The predicted octanol–water partition coefficient (Wildman–Crippen LogP) is 13.1. The summed E-state index contributed by atoms with van der Waals surface area (Å²) in [6.45, 7) is 1.47. The van der Waals surface area contributed by atoms with Crippen LogP contribution < -0.4 is 5.32 Å². The number of H-pyrrole nitrogens is 2. The van der Waals surface area contributed by atoms with Crippen LogP contribution >= 0.6 is 0 Å². The topological polar surface area (TPSA) is 136 Å². The molecule has 3 N–H and O–H groups in total. The minimum absolute atomic E-state index is 0.0400. The van der Waals surface area contributed by atoms with Crippen LogP contribution in [0.2, 0.25) is 0 Å². The van der Waals surface area contributed by atoms with Crippen molar-refractivity contribution in [2.45, 2.75) is 140 Å². The number of hydrogen-bond donors (Lipinski definition) is 3. The Balaban J connectivity index is 0.767. The molecule has 2 aromatic heterocycles. The van der Waals surface area contributed by atoms with Crippen LogP contribution in [0.15, 0.2) is 109 Å². The second kappa shape index (κ2) is 17.8. The van der Waals surface area contributed by atoms with E-state index in [2.05, 4.69) is 74.8 Å². The monoisotopic (exact) mass is 1020 g/mol. The van der Waals surface area contributed by atoms with Gasteiger partial charge in [0.15, 0.2) is 0 Å². The number of ether oxygens (including phenoxy) is 1. The summed E-state index contributed by atoms with van der Waals surface area (Å²) in [4.78, 5) is 63.4. The number of nitrogens with zero attached hydrogens (tertiary/aromatic N) is 4. The molecule has 4 heterocycles. The zero-order valence-electron chi connectivity index (χ0n) is 44.4. The zero-order chi connectivity index (χ0) is 51.7. The highest BCUT2D eigenvalue weighted by molar-refractivity contribution is 5.89. The number of likely N-dealkylation sites (tertiary alicyclic amines) is 2. The second-order valence-corrected chi connectivity index (χ2v) is 25.5. The molecule has 2 saturated heterocycles. The standard InChI is InChI=1S/C66H69N7O4/c1-77-62(76)71-58(42-14-6-3-7-15-42)61(75)73-40-66(28-29-66)36-55(73)59-67-38-54(70-59)47-20-19-46(50-34-64(35-51(47)50)24-10-11-25-64)45-18-17-44(48-32-63(33-49(45)48)22-8-9-23-63)43-16-21-52-53(31-43)69-60(68-52)56-37-65(26-27-65)39-72(56)57(74)30-41-12-4-2-5-13-41/h2-7,12-21,31,38,55-56,58H,8-11,22-30,32-37,39-40H2,1H3,(H,67,70)(H,68,69)(H,71,76)/t55-,56+,58+/m1/s1. The average Bonchev–Trinajstić information content (AvgIpc) is 4.14. The molecule has 8 aliphatic rings. The first kappa shape index (κ1) is 47.2. The van der Waals surface area contributed by atoms with Crippen LogP contribution in [0.1, 0.15) is 153 Å². The lowest BCUT2D eigenvalue weighted by Gasteiger charge is -2.28. The first-order chi connectivity index (χ1) is 37.6. The fraction of sp³-hybridized carbons (Fsp3) is 0.439. The van der Waals surface area contributed by atoms with E-state index in [1.54, 1.807) is 5.56 Å². The van der Waals surface area contributed by atoms with Gasteiger partial charge in [-0.2, -0.15) is 0 Å². The van der Waals surface area contributed by atoms with Gasteiger partial charge in [0.05, 0.1) is 48.5 Å². The third-order valence-electron chi connectivity index (χ3n) is 20.6. The van der Waals surface area contributed by atoms with E-state index in [4.69, 9.17) is 14.7 Å². The quantitative estimate of drug-likeness (QED) is 0.125. The highest BCUT2D eigenvalue weighted by atomic mass is 16.5. The third kappa shape index (κ3) is 8.14. The number of carbonyl (C=O) groups is 3. The van der Waals surface area contributed by atoms with Gasteiger partial charge in [-0.25, -0.2) is 14.8 Å². The Hall–Kier alpha value is -7.01. The molecule has 0 bridgehead atoms. The van der Waals surface area contributed by atoms with Crippen molar-refractivity contribution in [2.75, 3.05) is 20.2 Å². The molecular weight excluding hydrogens is 955 g/mol. The van der Waals surface area contributed by atoms with Crippen molar-refractivity contribution in [2.24, 2.45) is 21.7 Å². The molecule has 15 rings (SSSR count). The minimum Gasteiger partial charge on any atom is -0.453 e. The van der Waals surface area contributed by atoms with Crippen molar-refractivity contribution >= 4 is 28.9 Å². The van der Waals surface area contributed by atoms with Crippen molar-refractivity contribution in [3.63, 3.8) is 0 Å². The van der Waals surface area contributed by atoms with Crippen LogP contribution in [0.4, 0.5) is 4.79 Å². The molecule has 3 atom stereocenters. The zero-order valence-corrected chi connectivity index (χ0v) is 44.4. The number of aromatic amines is 2. The fourth-order valence-corrected chi connectivity index (χ4v) is 16.1. The summed E-state index contributed by atoms with van der Waals surface area (Å²) >= 11 is 0. The van der Waals surface area contributed by atoms with Crippen LogP contribution in [0.3, 0.4) is 0 Å². The SMILES string of the molecule is COC(=O)N[C@H](C(=O)N1CC2(CC2)C[C@@H]1c1ncc(-c2ccc(-c3ccc(-c4ccc5nc([C@@H]6CC7(CC7)CN6C(=O)Cc6ccccc6)[nH]c5c4)c4c3CC3(CCCC3)C4)c3c2CC2(CCCC2)C3)[nH]1)c1ccccc1. The lowest BCUT2D eigenvalue weighted by atomic mass is 9.82. The Bertz CT molecular complexity index is 3500. The molecule has 392 valence electrons. The normalized spacial score (nSPS) is 22.9. The van der Waals surface area contributed by atoms with Crippen LogP contribution in [-0.4, -0.2) is 67.8 Å². The fourth-order valence-electron chi connectivity index (χ4n) is 16.1. The molecule has 0 unspecified atom stereocenters. The van der Waals surface area contributed by atoms with Gasteiger partial charge in [0.1, 0.15) is 17.7 Å². The number of hydrogen-bond acceptors (Lipinski definition) is 6. The Morgan fingerprint density at radius 2 is 1.18 bits per heavy atom. The summed E-state index contributed by atoms with van der Waals surface area (Å²) in [5, 5.41) is 2.85. The first-order valence-electron chi connectivity index (χ1n) is 29.0. The molecule has 3 amide bonds. The number of aromatic nitrogens is 4. The van der Waals surface area contributed by atoms with Crippen molar-refractivity contribution < 1.29 is 19.1 Å². The van der Waals surface area contributed by atoms with E-state index in [1.165, 1.54) is 116 Å². The van der Waals surface area contributed by atoms with Crippen molar-refractivity contribution in [1.29, 1.82) is 0 Å². The van der Waals surface area contributed by atoms with Gasteiger partial charge in [-0.05, 0) is 179 Å². The average molecular weight is 1020 g/mol. The molecule has 11 nitrogen and oxygen atoms in total. The number of fused-ring (bicyclic) bond motifs is 3. The van der Waals surface area contributed by atoms with E-state index in [0.29, 0.717) is 18.4 Å². The van der Waals surface area contributed by atoms with Crippen LogP contribution in [-0.2, 0) is 46.4 Å². The molecule has 5 aromatic carbocycles. The van der Waals surface area contributed by atoms with Gasteiger partial charge < -0.3 is 29.8 Å². The van der Waals surface area contributed by atoms with Gasteiger partial charge in [0.25, 0.3) is 5.91 Å². The van der Waals surface area contributed by atoms with Crippen molar-refractivity contribution in [1.82, 2.24) is 35.1 Å². The summed E-state index contributed by atoms with van der Waals surface area (Å²) in [5.74, 6) is 1.78. The number of nitrogens with one attached hydrogen (secondary N) is 3. The molecule has 11 heteroatoms. The summed E-state index contributed by atoms with van der Waals surface area (Å²) < 4.78 is 5.01. The molecule has 6 fully saturated rings. The van der Waals surface area contributed by atoms with Gasteiger partial charge in [0.2, 0.25) is 5.91 Å². The highest BCUT2D eigenvalue weighted by Crippen LogP contribution is 2.61. The van der Waals surface area contributed by atoms with Crippen LogP contribution in [0.5, 0.6) is 0 Å². The van der Waals surface area contributed by atoms with Crippen molar-refractivity contribution in [3.8, 4) is 33.5 Å². The molecule has 4 spiro atoms. The Morgan fingerprint density at radius 1 is 0.623 bits per heavy atom. The number of imidazole rings is 2. The Labute approximate surface area is 451 Å². The first-order valence-corrected chi connectivity index (χ1v) is 29.0. The van der Waals surface area contributed by atoms with Gasteiger partial charge in [0, 0.05) is 18.7 Å². The molecule has 7 aromatic rings. The summed E-state index contributed by atoms with van der Waals surface area (Å²) in [7, 11) is 1.33. The molecule has 2 aliphatic heterocycles. The lowest BCUT2D eigenvalue weighted by Crippen LogP contribution is -2.43. The van der Waals surface area contributed by atoms with E-state index in [0.717, 1.165) is 97.4 Å². The van der Waals surface area contributed by atoms with E-state index < -0.39 is 12.1 Å². The number of benzene rings is 5. The highest BCUT2D eigenvalue weighted by Gasteiger charge is 2.56. The van der Waals surface area contributed by atoms with Gasteiger partial charge in [-0.3, -0.25) is 9.59 Å². The van der Waals surface area contributed by atoms with E-state index in [9.17, 15) is 14.4 Å². The van der Waals surface area contributed by atoms with Gasteiger partial charge >= 0.3 is 6.09 Å². The second-order valence-electron chi connectivity index (χ2n) is 25.5. The van der Waals surface area contributed by atoms with E-state index >= 15 is 0 Å². The smallest absolute Gasteiger partial charge is 0.407 e. The molecule has 4 saturated carbocycles. The van der Waals surface area contributed by atoms with E-state index in [-0.39, 0.29) is 40.1 Å². The molecule has 6 aliphatic carbocycles. The van der Waals surface area contributed by atoms with Gasteiger partial charge in [-0.15, -0.1) is 0 Å². The van der Waals surface area contributed by atoms with Crippen molar-refractivity contribution in [3.05, 3.63) is 154 Å². The third-order valence-corrected chi connectivity index (χ3v) is 20.6. The van der Waals surface area contributed by atoms with Gasteiger partial charge in [-0.1, -0.05) is 117 Å². The number of carbonyl (C=O) groups excluding carboxylic acids is 3. The Kier molecular flexibility index (Phi) is 10.9. The lowest BCUT2D eigenvalue weighted by molar-refractivity contribution is -0.135. The van der Waals surface area contributed by atoms with Crippen LogP contribution in [0.25, 0.3) is 44.5 Å². The molecule has 0 radical (unpaired) electrons. The maximum atomic E-state index is 14.7. The summed E-state index contributed by atoms with van der Waals surface area (Å²) in [6, 6.07) is 35.1. The van der Waals surface area contributed by atoms with E-state index in [1.807, 2.05) is 59.6 Å². The molecule has 77 heavy (non-hydrogen) atoms.